The van der Waals surface area contributed by atoms with Crippen molar-refractivity contribution in [3.05, 3.63) is 78.7 Å². The highest BCUT2D eigenvalue weighted by molar-refractivity contribution is 14.1. The normalized spacial score (nSPS) is 22.2. The molecule has 0 radical (unpaired) electrons. The van der Waals surface area contributed by atoms with Crippen LogP contribution in [0.4, 0.5) is 0 Å². The molecule has 7 heteroatoms. The molecule has 2 aromatic rings. The Morgan fingerprint density at radius 1 is 0.886 bits per heavy atom. The van der Waals surface area contributed by atoms with E-state index in [1.165, 1.54) is 19.3 Å². The van der Waals surface area contributed by atoms with Crippen LogP contribution in [-0.2, 0) is 16.2 Å². The third-order valence-corrected chi connectivity index (χ3v) is 11.0. The Morgan fingerprint density at radius 2 is 1.48 bits per heavy atom. The number of hydrogen-bond donors (Lipinski definition) is 0. The highest BCUT2D eigenvalue weighted by Crippen LogP contribution is 2.56. The van der Waals surface area contributed by atoms with Gasteiger partial charge >= 0.3 is 0 Å². The molecule has 1 saturated carbocycles. The lowest BCUT2D eigenvalue weighted by atomic mass is 9.63. The number of ether oxygens (including phenoxy) is 2. The summed E-state index contributed by atoms with van der Waals surface area (Å²) < 4.78 is 13.1. The summed E-state index contributed by atoms with van der Waals surface area (Å²) in [6, 6.07) is 12.0. The van der Waals surface area contributed by atoms with Crippen LogP contribution in [0.3, 0.4) is 0 Å². The Kier molecular flexibility index (Phi) is 8.72. The first-order valence-electron chi connectivity index (χ1n) is 15.9. The number of allylic oxidation sites excluding steroid dienone is 4. The van der Waals surface area contributed by atoms with Gasteiger partial charge in [-0.1, -0.05) is 76.8 Å². The first-order chi connectivity index (χ1) is 20.9. The van der Waals surface area contributed by atoms with Gasteiger partial charge in [-0.2, -0.15) is 0 Å². The first-order valence-corrected chi connectivity index (χ1v) is 17.4. The quantitative estimate of drug-likeness (QED) is 0.278. The van der Waals surface area contributed by atoms with Gasteiger partial charge in [0, 0.05) is 57.9 Å². The maximum Gasteiger partial charge on any atom is 0.174 e. The smallest absolute Gasteiger partial charge is 0.174 e. The summed E-state index contributed by atoms with van der Waals surface area (Å²) in [7, 11) is 1.64. The molecular weight excluding hydrogens is 685 g/mol. The lowest BCUT2D eigenvalue weighted by Gasteiger charge is -2.52. The molecule has 0 atom stereocenters. The summed E-state index contributed by atoms with van der Waals surface area (Å²) in [6.45, 7) is 9.13. The minimum Gasteiger partial charge on any atom is -0.493 e. The van der Waals surface area contributed by atoms with Gasteiger partial charge in [-0.05, 0) is 82.9 Å². The van der Waals surface area contributed by atoms with Crippen LogP contribution >= 0.6 is 34.2 Å². The number of halogens is 2. The summed E-state index contributed by atoms with van der Waals surface area (Å²) >= 11 is 8.69. The fourth-order valence-electron chi connectivity index (χ4n) is 7.92. The van der Waals surface area contributed by atoms with Crippen LogP contribution in [0.5, 0.6) is 11.5 Å². The monoisotopic (exact) mass is 727 g/mol. The van der Waals surface area contributed by atoms with Crippen molar-refractivity contribution in [3.63, 3.8) is 0 Å². The molecule has 0 unspecified atom stereocenters. The number of rotatable bonds is 6. The van der Waals surface area contributed by atoms with Crippen molar-refractivity contribution in [2.24, 2.45) is 10.8 Å². The van der Waals surface area contributed by atoms with Gasteiger partial charge in [0.1, 0.15) is 6.61 Å². The van der Waals surface area contributed by atoms with Gasteiger partial charge in [0.05, 0.1) is 10.7 Å². The van der Waals surface area contributed by atoms with E-state index in [1.807, 2.05) is 30.3 Å². The van der Waals surface area contributed by atoms with Gasteiger partial charge < -0.3 is 14.4 Å². The topological polar surface area (TPSA) is 55.8 Å². The summed E-state index contributed by atoms with van der Waals surface area (Å²) in [5.41, 5.74) is 5.49. The van der Waals surface area contributed by atoms with Crippen LogP contribution in [0.15, 0.2) is 58.9 Å². The molecule has 4 aliphatic rings. The molecule has 1 heterocycles. The van der Waals surface area contributed by atoms with Crippen molar-refractivity contribution in [3.8, 4) is 11.5 Å². The highest BCUT2D eigenvalue weighted by Gasteiger charge is 2.50. The molecule has 0 amide bonds. The summed E-state index contributed by atoms with van der Waals surface area (Å²) in [4.78, 5) is 31.1. The number of Topliss-reactive ketones (excluding diaryl/α,β-unsaturated/α-hetero) is 2. The molecular formula is C37H43ClINO4. The minimum absolute atomic E-state index is 0.137. The molecule has 0 bridgehead atoms. The Hall–Kier alpha value is -2.32. The lowest BCUT2D eigenvalue weighted by molar-refractivity contribution is -0.119. The molecule has 1 fully saturated rings. The van der Waals surface area contributed by atoms with Crippen LogP contribution in [0.1, 0.15) is 103 Å². The van der Waals surface area contributed by atoms with Gasteiger partial charge in [0.25, 0.3) is 0 Å². The Labute approximate surface area is 280 Å². The molecule has 44 heavy (non-hydrogen) atoms. The first kappa shape index (κ1) is 31.7. The maximum absolute atomic E-state index is 14.3. The molecule has 0 aromatic heterocycles. The van der Waals surface area contributed by atoms with Crippen molar-refractivity contribution in [2.75, 3.05) is 7.11 Å². The molecule has 5 nitrogen and oxygen atoms in total. The van der Waals surface area contributed by atoms with Gasteiger partial charge in [0.2, 0.25) is 0 Å². The van der Waals surface area contributed by atoms with Gasteiger partial charge in [-0.3, -0.25) is 9.59 Å². The number of hydrogen-bond acceptors (Lipinski definition) is 5. The third-order valence-electron chi connectivity index (χ3n) is 9.81. The van der Waals surface area contributed by atoms with Gasteiger partial charge in [0.15, 0.2) is 23.1 Å². The summed E-state index contributed by atoms with van der Waals surface area (Å²) in [5.74, 6) is 1.14. The number of methoxy groups -OCH3 is 1. The zero-order chi connectivity index (χ0) is 31.4. The van der Waals surface area contributed by atoms with Crippen LogP contribution in [0.25, 0.3) is 0 Å². The molecule has 0 spiro atoms. The predicted octanol–water partition coefficient (Wildman–Crippen LogP) is 9.55. The van der Waals surface area contributed by atoms with Crippen LogP contribution < -0.4 is 9.47 Å². The minimum atomic E-state index is -0.410. The zero-order valence-corrected chi connectivity index (χ0v) is 29.4. The van der Waals surface area contributed by atoms with Crippen LogP contribution in [0, 0.1) is 14.4 Å². The van der Waals surface area contributed by atoms with E-state index in [9.17, 15) is 9.59 Å². The second-order valence-electron chi connectivity index (χ2n) is 14.6. The van der Waals surface area contributed by atoms with E-state index in [1.54, 1.807) is 7.11 Å². The number of carbonyl (C=O) groups excluding carboxylic acids is 2. The maximum atomic E-state index is 14.3. The number of ketones is 2. The Balaban J connectivity index is 1.51. The van der Waals surface area contributed by atoms with E-state index >= 15 is 0 Å². The van der Waals surface area contributed by atoms with E-state index in [2.05, 4.69) is 61.3 Å². The molecule has 1 aliphatic heterocycles. The van der Waals surface area contributed by atoms with Crippen LogP contribution in [0.2, 0.25) is 5.02 Å². The Morgan fingerprint density at radius 3 is 2.05 bits per heavy atom. The standard InChI is InChI=1S/C37H43ClINO4/c1-36(2)17-27-33(29(41)19-36)32(34-28(18-37(3,4)20-30(34)42)40(27)24-12-7-6-8-13-24)23-15-26(39)35(31(16-23)43-5)44-21-22-11-9-10-14-25(22)38/h9-11,14-16,24,32H,6-8,12-13,17-21H2,1-5H3. The van der Waals surface area contributed by atoms with Crippen molar-refractivity contribution < 1.29 is 19.1 Å². The van der Waals surface area contributed by atoms with Crippen molar-refractivity contribution in [1.29, 1.82) is 0 Å². The van der Waals surface area contributed by atoms with Crippen LogP contribution in [-0.4, -0.2) is 29.6 Å². The van der Waals surface area contributed by atoms with E-state index in [-0.39, 0.29) is 22.4 Å². The predicted molar refractivity (Wildman–Crippen MR) is 183 cm³/mol. The zero-order valence-electron chi connectivity index (χ0n) is 26.5. The summed E-state index contributed by atoms with van der Waals surface area (Å²) in [6.07, 6.45) is 8.47. The van der Waals surface area contributed by atoms with Gasteiger partial charge in [-0.15, -0.1) is 0 Å². The SMILES string of the molecule is COc1cc(C2C3=C(CC(C)(C)CC3=O)N(C3CCCCC3)C3=C2C(=O)CC(C)(C)C3)cc(I)c1OCc1ccccc1Cl. The second-order valence-corrected chi connectivity index (χ2v) is 16.2. The Bertz CT molecular complexity index is 1510. The van der Waals surface area contributed by atoms with E-state index < -0.39 is 5.92 Å². The molecule has 0 saturated heterocycles. The van der Waals surface area contributed by atoms with Crippen molar-refractivity contribution in [2.45, 2.75) is 104 Å². The average Bonchev–Trinajstić information content (AvgIpc) is 2.95. The number of nitrogens with zero attached hydrogens (tertiary/aromatic N) is 1. The number of carbonyl (C=O) groups is 2. The molecule has 234 valence electrons. The second kappa shape index (κ2) is 12.1. The van der Waals surface area contributed by atoms with Gasteiger partial charge in [-0.25, -0.2) is 0 Å². The molecule has 0 N–H and O–H groups in total. The number of benzene rings is 2. The lowest BCUT2D eigenvalue weighted by Crippen LogP contribution is -2.48. The van der Waals surface area contributed by atoms with Crippen molar-refractivity contribution in [1.82, 2.24) is 4.90 Å². The van der Waals surface area contributed by atoms with E-state index in [4.69, 9.17) is 21.1 Å². The van der Waals surface area contributed by atoms with E-state index in [0.29, 0.717) is 42.0 Å². The average molecular weight is 728 g/mol. The highest BCUT2D eigenvalue weighted by atomic mass is 127. The molecule has 6 rings (SSSR count). The molecule has 2 aromatic carbocycles. The van der Waals surface area contributed by atoms with Crippen molar-refractivity contribution >= 4 is 45.8 Å². The largest absolute Gasteiger partial charge is 0.493 e. The van der Waals surface area contributed by atoms with E-state index in [0.717, 1.165) is 62.9 Å². The fraction of sp³-hybridized carbons (Fsp3) is 0.514. The third kappa shape index (κ3) is 5.97. The fourth-order valence-corrected chi connectivity index (χ4v) is 8.89. The summed E-state index contributed by atoms with van der Waals surface area (Å²) in [5, 5.41) is 0.652. The molecule has 3 aliphatic carbocycles.